The predicted molar refractivity (Wildman–Crippen MR) is 87.1 cm³/mol. The summed E-state index contributed by atoms with van der Waals surface area (Å²) in [6.45, 7) is 7.45. The van der Waals surface area contributed by atoms with E-state index in [0.717, 1.165) is 42.9 Å². The van der Waals surface area contributed by atoms with E-state index in [2.05, 4.69) is 36.4 Å². The molecule has 1 N–H and O–H groups in total. The Balaban J connectivity index is 2.40. The minimum atomic E-state index is 0.246. The van der Waals surface area contributed by atoms with Gasteiger partial charge < -0.3 is 5.32 Å². The Morgan fingerprint density at radius 3 is 2.62 bits per heavy atom. The Bertz CT molecular complexity index is 579. The van der Waals surface area contributed by atoms with Gasteiger partial charge in [-0.2, -0.15) is 0 Å². The van der Waals surface area contributed by atoms with Crippen molar-refractivity contribution >= 4 is 11.6 Å². The minimum Gasteiger partial charge on any atom is -0.309 e. The van der Waals surface area contributed by atoms with E-state index < -0.39 is 0 Å². The quantitative estimate of drug-likeness (QED) is 0.842. The number of hydrogen-bond acceptors (Lipinski definition) is 3. The predicted octanol–water partition coefficient (Wildman–Crippen LogP) is 3.93. The van der Waals surface area contributed by atoms with E-state index in [4.69, 9.17) is 11.6 Å². The fourth-order valence-corrected chi connectivity index (χ4v) is 2.70. The highest BCUT2D eigenvalue weighted by molar-refractivity contribution is 6.32. The van der Waals surface area contributed by atoms with Crippen LogP contribution in [0.25, 0.3) is 5.69 Å². The molecule has 1 atom stereocenters. The average Bonchev–Trinajstić information content (AvgIpc) is 2.92. The van der Waals surface area contributed by atoms with Crippen LogP contribution in [0.3, 0.4) is 0 Å². The van der Waals surface area contributed by atoms with Gasteiger partial charge in [0.05, 0.1) is 22.4 Å². The molecule has 0 aliphatic heterocycles. The summed E-state index contributed by atoms with van der Waals surface area (Å²) in [7, 11) is 0. The highest BCUT2D eigenvalue weighted by Gasteiger charge is 2.20. The first kappa shape index (κ1) is 16.0. The molecule has 1 unspecified atom stereocenters. The number of aromatic nitrogens is 3. The van der Waals surface area contributed by atoms with Crippen LogP contribution >= 0.6 is 11.6 Å². The minimum absolute atomic E-state index is 0.246. The zero-order chi connectivity index (χ0) is 15.2. The summed E-state index contributed by atoms with van der Waals surface area (Å²) in [5.41, 5.74) is 3.05. The summed E-state index contributed by atoms with van der Waals surface area (Å²) in [5.74, 6) is 0. The van der Waals surface area contributed by atoms with Crippen molar-refractivity contribution in [1.29, 1.82) is 0 Å². The third-order valence-electron chi connectivity index (χ3n) is 3.59. The second-order valence-corrected chi connectivity index (χ2v) is 5.46. The summed E-state index contributed by atoms with van der Waals surface area (Å²) in [5, 5.41) is 13.0. The molecule has 2 aromatic rings. The first-order chi connectivity index (χ1) is 10.2. The standard InChI is InChI=1S/C16H23ClN4/c1-4-11-18-13(5-2)16-14(6-3)21(20-19-16)15-10-8-7-9-12(15)17/h7-10,13,18H,4-6,11H2,1-3H3. The zero-order valence-corrected chi connectivity index (χ0v) is 13.7. The summed E-state index contributed by atoms with van der Waals surface area (Å²) in [4.78, 5) is 0. The van der Waals surface area contributed by atoms with Gasteiger partial charge in [-0.3, -0.25) is 0 Å². The van der Waals surface area contributed by atoms with Crippen LogP contribution in [0.15, 0.2) is 24.3 Å². The highest BCUT2D eigenvalue weighted by Crippen LogP contribution is 2.25. The second-order valence-electron chi connectivity index (χ2n) is 5.05. The molecule has 0 saturated carbocycles. The molecule has 1 heterocycles. The van der Waals surface area contributed by atoms with Gasteiger partial charge in [0.15, 0.2) is 0 Å². The van der Waals surface area contributed by atoms with Crippen LogP contribution in [-0.2, 0) is 6.42 Å². The van der Waals surface area contributed by atoms with Crippen LogP contribution in [0.1, 0.15) is 51.0 Å². The molecule has 1 aromatic heterocycles. The summed E-state index contributed by atoms with van der Waals surface area (Å²) < 4.78 is 1.87. The molecule has 0 aliphatic rings. The molecular formula is C16H23ClN4. The number of nitrogens with one attached hydrogen (secondary N) is 1. The first-order valence-electron chi connectivity index (χ1n) is 7.65. The van der Waals surface area contributed by atoms with Gasteiger partial charge in [-0.1, -0.05) is 49.7 Å². The monoisotopic (exact) mass is 306 g/mol. The Labute approximate surface area is 131 Å². The number of halogens is 1. The molecule has 0 radical (unpaired) electrons. The maximum absolute atomic E-state index is 6.29. The van der Waals surface area contributed by atoms with Crippen molar-refractivity contribution < 1.29 is 0 Å². The number of hydrogen-bond donors (Lipinski definition) is 1. The fraction of sp³-hybridized carbons (Fsp3) is 0.500. The van der Waals surface area contributed by atoms with Crippen LogP contribution in [0.5, 0.6) is 0 Å². The van der Waals surface area contributed by atoms with Gasteiger partial charge in [0.25, 0.3) is 0 Å². The van der Waals surface area contributed by atoms with Crippen molar-refractivity contribution in [2.75, 3.05) is 6.54 Å². The van der Waals surface area contributed by atoms with E-state index in [1.54, 1.807) is 0 Å². The lowest BCUT2D eigenvalue weighted by molar-refractivity contribution is 0.503. The van der Waals surface area contributed by atoms with E-state index in [-0.39, 0.29) is 6.04 Å². The van der Waals surface area contributed by atoms with Crippen molar-refractivity contribution in [2.45, 2.75) is 46.1 Å². The van der Waals surface area contributed by atoms with Gasteiger partial charge in [-0.15, -0.1) is 5.10 Å². The molecule has 0 saturated heterocycles. The van der Waals surface area contributed by atoms with Crippen LogP contribution in [0, 0.1) is 0 Å². The van der Waals surface area contributed by atoms with E-state index in [1.165, 1.54) is 0 Å². The molecule has 114 valence electrons. The molecule has 0 bridgehead atoms. The lowest BCUT2D eigenvalue weighted by Gasteiger charge is -2.16. The van der Waals surface area contributed by atoms with Crippen LogP contribution < -0.4 is 5.32 Å². The molecule has 0 aliphatic carbocycles. The second kappa shape index (κ2) is 7.57. The molecule has 4 nitrogen and oxygen atoms in total. The van der Waals surface area contributed by atoms with Gasteiger partial charge in [-0.05, 0) is 37.9 Å². The molecular weight excluding hydrogens is 284 g/mol. The van der Waals surface area contributed by atoms with Crippen molar-refractivity contribution in [3.63, 3.8) is 0 Å². The average molecular weight is 307 g/mol. The van der Waals surface area contributed by atoms with Crippen molar-refractivity contribution in [2.24, 2.45) is 0 Å². The molecule has 2 rings (SSSR count). The normalized spacial score (nSPS) is 12.6. The summed E-state index contributed by atoms with van der Waals surface area (Å²) in [6, 6.07) is 7.99. The Hall–Kier alpha value is -1.39. The lowest BCUT2D eigenvalue weighted by Crippen LogP contribution is -2.23. The van der Waals surface area contributed by atoms with Crippen LogP contribution in [-0.4, -0.2) is 21.5 Å². The first-order valence-corrected chi connectivity index (χ1v) is 8.03. The smallest absolute Gasteiger partial charge is 0.103 e. The lowest BCUT2D eigenvalue weighted by atomic mass is 10.1. The largest absolute Gasteiger partial charge is 0.309 e. The molecule has 5 heteroatoms. The van der Waals surface area contributed by atoms with Gasteiger partial charge in [0, 0.05) is 0 Å². The van der Waals surface area contributed by atoms with E-state index in [0.29, 0.717) is 5.02 Å². The van der Waals surface area contributed by atoms with E-state index >= 15 is 0 Å². The maximum atomic E-state index is 6.29. The summed E-state index contributed by atoms with van der Waals surface area (Å²) >= 11 is 6.29. The van der Waals surface area contributed by atoms with Crippen molar-refractivity contribution in [1.82, 2.24) is 20.3 Å². The fourth-order valence-electron chi connectivity index (χ4n) is 2.48. The number of nitrogens with zero attached hydrogens (tertiary/aromatic N) is 3. The molecule has 0 amide bonds. The van der Waals surface area contributed by atoms with Crippen molar-refractivity contribution in [3.8, 4) is 5.69 Å². The van der Waals surface area contributed by atoms with E-state index in [9.17, 15) is 0 Å². The van der Waals surface area contributed by atoms with Gasteiger partial charge in [0.1, 0.15) is 5.69 Å². The van der Waals surface area contributed by atoms with E-state index in [1.807, 2.05) is 28.9 Å². The number of benzene rings is 1. The van der Waals surface area contributed by atoms with Gasteiger partial charge in [-0.25, -0.2) is 4.68 Å². The highest BCUT2D eigenvalue weighted by atomic mass is 35.5. The molecule has 1 aromatic carbocycles. The molecule has 0 fully saturated rings. The SMILES string of the molecule is CCCNC(CC)c1nnn(-c2ccccc2Cl)c1CC. The third-order valence-corrected chi connectivity index (χ3v) is 3.91. The molecule has 21 heavy (non-hydrogen) atoms. The zero-order valence-electron chi connectivity index (χ0n) is 12.9. The van der Waals surface area contributed by atoms with Gasteiger partial charge >= 0.3 is 0 Å². The Kier molecular flexibility index (Phi) is 5.76. The number of para-hydroxylation sites is 1. The number of rotatable bonds is 7. The van der Waals surface area contributed by atoms with Crippen LogP contribution in [0.4, 0.5) is 0 Å². The van der Waals surface area contributed by atoms with Gasteiger partial charge in [0.2, 0.25) is 0 Å². The molecule has 0 spiro atoms. The van der Waals surface area contributed by atoms with Crippen molar-refractivity contribution in [3.05, 3.63) is 40.7 Å². The third kappa shape index (κ3) is 3.44. The summed E-state index contributed by atoms with van der Waals surface area (Å²) in [6.07, 6.45) is 2.97. The Morgan fingerprint density at radius 2 is 2.00 bits per heavy atom. The van der Waals surface area contributed by atoms with Crippen LogP contribution in [0.2, 0.25) is 5.02 Å². The topological polar surface area (TPSA) is 42.7 Å². The Morgan fingerprint density at radius 1 is 1.24 bits per heavy atom. The maximum Gasteiger partial charge on any atom is 0.103 e.